The zero-order valence-corrected chi connectivity index (χ0v) is 90.8. The van der Waals surface area contributed by atoms with Crippen LogP contribution in [0.15, 0.2) is 0 Å². The topological polar surface area (TPSA) is 48.6 Å². The van der Waals surface area contributed by atoms with Gasteiger partial charge in [0.15, 0.2) is 0 Å². The fourth-order valence-corrected chi connectivity index (χ4v) is 18.5. The van der Waals surface area contributed by atoms with Crippen molar-refractivity contribution in [1.29, 1.82) is 0 Å². The molecule has 0 N–H and O–H groups in total. The molecule has 15 heteroatoms. The second-order valence-corrected chi connectivity index (χ2v) is 39.7. The van der Waals surface area contributed by atoms with Gasteiger partial charge in [-0.25, -0.2) is 0 Å². The Balaban J connectivity index is 0. The third-order valence-corrected chi connectivity index (χ3v) is 27.1. The van der Waals surface area contributed by atoms with Crippen LogP contribution in [-0.4, -0.2) is 369 Å². The van der Waals surface area contributed by atoms with E-state index in [-0.39, 0.29) is 0 Å². The molecule has 0 heterocycles. The Morgan fingerprint density at radius 2 is 0.151 bits per heavy atom. The van der Waals surface area contributed by atoms with Gasteiger partial charge in [0, 0.05) is 0 Å². The second kappa shape index (κ2) is 102. The minimum Gasteiger partial charge on any atom is -0.306 e. The number of unbranched alkanes of at least 4 members (excludes halogenated alkanes) is 17. The highest BCUT2D eigenvalue weighted by atomic mass is 15.2. The first-order chi connectivity index (χ1) is 61.8. The molecule has 0 aliphatic carbocycles. The minimum atomic E-state index is 1.22. The van der Waals surface area contributed by atoms with Crippen LogP contribution in [0.25, 0.3) is 0 Å². The van der Waals surface area contributed by atoms with E-state index in [4.69, 9.17) is 0 Å². The summed E-state index contributed by atoms with van der Waals surface area (Å²) < 4.78 is 0. The Morgan fingerprint density at radius 3 is 0.222 bits per heavy atom. The predicted molar refractivity (Wildman–Crippen MR) is 571 cm³/mol. The summed E-state index contributed by atoms with van der Waals surface area (Å²) in [6.45, 7) is 98.2. The van der Waals surface area contributed by atoms with Gasteiger partial charge in [0.1, 0.15) is 0 Å². The van der Waals surface area contributed by atoms with Gasteiger partial charge in [-0.3, -0.25) is 0 Å². The van der Waals surface area contributed by atoms with Crippen LogP contribution in [0.5, 0.6) is 0 Å². The molecule has 0 radical (unpaired) electrons. The molecule has 0 aliphatic rings. The van der Waals surface area contributed by atoms with Crippen LogP contribution in [-0.2, 0) is 0 Å². The van der Waals surface area contributed by atoms with E-state index in [2.05, 4.69) is 205 Å². The molecule has 0 saturated carbocycles. The molecular weight excluding hydrogens is 1540 g/mol. The summed E-state index contributed by atoms with van der Waals surface area (Å²) >= 11 is 0. The lowest BCUT2D eigenvalue weighted by molar-refractivity contribution is 0.177. The molecule has 0 saturated heterocycles. The third kappa shape index (κ3) is 83.9. The predicted octanol–water partition coefficient (Wildman–Crippen LogP) is 25.2. The quantitative estimate of drug-likeness (QED) is 0.0580. The number of hydrogen-bond acceptors (Lipinski definition) is 15. The van der Waals surface area contributed by atoms with Gasteiger partial charge in [-0.1, -0.05) is 234 Å². The Hall–Kier alpha value is -0.600. The maximum absolute atomic E-state index is 2.89. The third-order valence-electron chi connectivity index (χ3n) is 27.1. The van der Waals surface area contributed by atoms with E-state index < -0.39 is 0 Å². The van der Waals surface area contributed by atoms with Gasteiger partial charge < -0.3 is 73.5 Å². The SMILES string of the molecule is CCCCN(CCCC)CCCN(CCCN(CCCC)CCCC)CCCN(CCCC)CCCN(CCCN(CCCC)CCCC)CCCN(CCCC)CCCC.CCCCN(CCCC)CCCN(CCCN(CCCC)CCCC)CCCN(CCCN(C)CCC)CCCN(CCCN(CCCC)CCCC)CCCN(CCCC)CCCC. The lowest BCUT2D eigenvalue weighted by atomic mass is 10.2. The smallest absolute Gasteiger partial charge is 0.000653 e. The van der Waals surface area contributed by atoms with Crippen molar-refractivity contribution in [1.82, 2.24) is 73.5 Å². The molecule has 15 nitrogen and oxygen atoms in total. The monoisotopic (exact) mass is 1780 g/mol. The van der Waals surface area contributed by atoms with Gasteiger partial charge in [0.05, 0.1) is 0 Å². The van der Waals surface area contributed by atoms with Crippen molar-refractivity contribution in [2.75, 3.05) is 295 Å². The zero-order valence-electron chi connectivity index (χ0n) is 90.8. The van der Waals surface area contributed by atoms with Crippen LogP contribution in [0.4, 0.5) is 0 Å². The van der Waals surface area contributed by atoms with Crippen molar-refractivity contribution < 1.29 is 0 Å². The van der Waals surface area contributed by atoms with E-state index in [9.17, 15) is 0 Å². The summed E-state index contributed by atoms with van der Waals surface area (Å²) in [7, 11) is 2.33. The molecule has 0 aromatic rings. The summed E-state index contributed by atoms with van der Waals surface area (Å²) in [5.74, 6) is 0. The van der Waals surface area contributed by atoms with Crippen molar-refractivity contribution in [3.63, 3.8) is 0 Å². The molecule has 0 aliphatic heterocycles. The summed E-state index contributed by atoms with van der Waals surface area (Å²) in [4.78, 5) is 42.1. The number of rotatable bonds is 105. The van der Waals surface area contributed by atoms with Gasteiger partial charge in [0.25, 0.3) is 0 Å². The van der Waals surface area contributed by atoms with Gasteiger partial charge in [-0.05, 0) is 494 Å². The average Bonchev–Trinajstić information content (AvgIpc) is 0.927. The van der Waals surface area contributed by atoms with Gasteiger partial charge >= 0.3 is 0 Å². The second-order valence-electron chi connectivity index (χ2n) is 39.7. The van der Waals surface area contributed by atoms with Crippen molar-refractivity contribution in [2.45, 2.75) is 433 Å². The van der Waals surface area contributed by atoms with Crippen LogP contribution < -0.4 is 0 Å². The fourth-order valence-electron chi connectivity index (χ4n) is 18.5. The molecule has 126 heavy (non-hydrogen) atoms. The average molecular weight is 1790 g/mol. The summed E-state index contributed by atoms with van der Waals surface area (Å²) in [6, 6.07) is 0. The number of hydrogen-bond donors (Lipinski definition) is 0. The van der Waals surface area contributed by atoms with Crippen LogP contribution >= 0.6 is 0 Å². The highest BCUT2D eigenvalue weighted by Crippen LogP contribution is 2.15. The Morgan fingerprint density at radius 1 is 0.0794 bits per heavy atom. The maximum Gasteiger partial charge on any atom is -0.000653 e. The van der Waals surface area contributed by atoms with E-state index in [1.54, 1.807) is 0 Å². The van der Waals surface area contributed by atoms with E-state index in [1.165, 1.54) is 596 Å². The molecule has 0 amide bonds. The van der Waals surface area contributed by atoms with Crippen molar-refractivity contribution >= 4 is 0 Å². The van der Waals surface area contributed by atoms with Gasteiger partial charge in [-0.15, -0.1) is 0 Å². The molecule has 0 atom stereocenters. The maximum atomic E-state index is 2.89. The number of nitrogens with zero attached hydrogens (tertiary/aromatic N) is 15. The van der Waals surface area contributed by atoms with Crippen LogP contribution in [0.1, 0.15) is 433 Å². The van der Waals surface area contributed by atoms with Crippen LogP contribution in [0.2, 0.25) is 0 Å². The molecule has 0 fully saturated rings. The molecular formula is C111H241N15. The summed E-state index contributed by atoms with van der Waals surface area (Å²) in [5, 5.41) is 0. The lowest BCUT2D eigenvalue weighted by Gasteiger charge is -2.30. The first-order valence-corrected chi connectivity index (χ1v) is 57.6. The first-order valence-electron chi connectivity index (χ1n) is 57.6. The Kier molecular flexibility index (Phi) is 103. The minimum absolute atomic E-state index is 1.22. The Bertz CT molecular complexity index is 1720. The standard InChI is InChI=1S/C57H124N8.C54H117N7/c1-11-20-37-59(38-21-12-2)46-29-52-64(53-30-47-60(39-22-13-3)40-23-14-4)56-33-50-63(45-28-36-58(10)35-19-9)51-34-57-65(54-31-48-61(41-24-15-5)42-25-16-6)55-32-49-62(43-26-17-7)44-27-18-8;1-10-19-34-55(35-20-11-2)43-28-49-60(50-29-44-56(36-21-12-3)37-22-13-4)53-32-47-59(42-27-18-9)48-33-54-61(51-30-45-57(38-23-14-5)39-24-15-6)52-31-46-58(40-25-16-7)41-26-17-8/h11-57H2,1-10H3;10-54H2,1-9H3. The lowest BCUT2D eigenvalue weighted by Crippen LogP contribution is -2.37. The molecule has 0 rings (SSSR count). The van der Waals surface area contributed by atoms with E-state index in [0.29, 0.717) is 0 Å². The molecule has 0 aromatic heterocycles. The molecule has 0 spiro atoms. The van der Waals surface area contributed by atoms with Crippen molar-refractivity contribution in [2.24, 2.45) is 0 Å². The van der Waals surface area contributed by atoms with Gasteiger partial charge in [-0.2, -0.15) is 0 Å². The van der Waals surface area contributed by atoms with E-state index in [1.807, 2.05) is 0 Å². The van der Waals surface area contributed by atoms with Crippen molar-refractivity contribution in [3.05, 3.63) is 0 Å². The summed E-state index contributed by atoms with van der Waals surface area (Å²) in [5.41, 5.74) is 0. The highest BCUT2D eigenvalue weighted by molar-refractivity contribution is 4.75. The molecule has 0 aromatic carbocycles. The van der Waals surface area contributed by atoms with Gasteiger partial charge in [0.2, 0.25) is 0 Å². The zero-order chi connectivity index (χ0) is 92.7. The van der Waals surface area contributed by atoms with E-state index in [0.717, 1.165) is 0 Å². The first kappa shape index (κ1) is 127. The van der Waals surface area contributed by atoms with E-state index >= 15 is 0 Å². The normalized spacial score (nSPS) is 12.4. The Labute approximate surface area is 796 Å². The molecule has 0 unspecified atom stereocenters. The highest BCUT2D eigenvalue weighted by Gasteiger charge is 2.19. The van der Waals surface area contributed by atoms with Crippen molar-refractivity contribution in [3.8, 4) is 0 Å². The molecule has 760 valence electrons. The summed E-state index contributed by atoms with van der Waals surface area (Å²) in [6.07, 6.45) is 63.3. The van der Waals surface area contributed by atoms with Crippen LogP contribution in [0.3, 0.4) is 0 Å². The largest absolute Gasteiger partial charge is 0.306 e. The molecule has 0 bridgehead atoms. The fraction of sp³-hybridized carbons (Fsp3) is 1.00. The van der Waals surface area contributed by atoms with Crippen LogP contribution in [0, 0.1) is 0 Å².